The first-order valence-corrected chi connectivity index (χ1v) is 8.56. The van der Waals surface area contributed by atoms with Gasteiger partial charge in [-0.1, -0.05) is 26.7 Å². The highest BCUT2D eigenvalue weighted by atomic mass is 79.9. The average Bonchev–Trinajstić information content (AvgIpc) is 2.71. The first-order chi connectivity index (χ1) is 9.58. The van der Waals surface area contributed by atoms with Crippen LogP contribution < -0.4 is 11.3 Å². The van der Waals surface area contributed by atoms with Crippen LogP contribution in [0.4, 0.5) is 0 Å². The Bertz CT molecular complexity index is 397. The van der Waals surface area contributed by atoms with Crippen LogP contribution in [0, 0.1) is 12.8 Å². The van der Waals surface area contributed by atoms with Gasteiger partial charge in [0.2, 0.25) is 0 Å². The van der Waals surface area contributed by atoms with Crippen LogP contribution in [0.5, 0.6) is 0 Å². The maximum absolute atomic E-state index is 5.84. The number of aryl methyl sites for hydroxylation is 2. The molecule has 1 atom stereocenters. The number of rotatable bonds is 9. The van der Waals surface area contributed by atoms with Crippen molar-refractivity contribution in [3.63, 3.8) is 0 Å². The number of nitrogens with two attached hydrogens (primary N) is 1. The summed E-state index contributed by atoms with van der Waals surface area (Å²) in [5, 5.41) is 4.57. The Hall–Kier alpha value is -0.390. The fraction of sp³-hybridized carbons (Fsp3) is 0.800. The SMILES string of the molecule is CCCC(CCC)C(Cc1c(Br)c(C)nn1CC)NN. The summed E-state index contributed by atoms with van der Waals surface area (Å²) in [5.74, 6) is 6.46. The lowest BCUT2D eigenvalue weighted by Gasteiger charge is -2.26. The van der Waals surface area contributed by atoms with E-state index < -0.39 is 0 Å². The highest BCUT2D eigenvalue weighted by molar-refractivity contribution is 9.10. The van der Waals surface area contributed by atoms with E-state index in [0.717, 1.165) is 23.1 Å². The Labute approximate surface area is 131 Å². The van der Waals surface area contributed by atoms with Crippen molar-refractivity contribution in [2.45, 2.75) is 72.4 Å². The summed E-state index contributed by atoms with van der Waals surface area (Å²) in [7, 11) is 0. The third kappa shape index (κ3) is 4.30. The molecule has 1 aromatic rings. The number of nitrogens with one attached hydrogen (secondary N) is 1. The molecule has 0 aliphatic carbocycles. The molecule has 1 aromatic heterocycles. The maximum atomic E-state index is 5.84. The number of hydrogen-bond acceptors (Lipinski definition) is 3. The molecular weight excluding hydrogens is 316 g/mol. The molecule has 3 N–H and O–H groups in total. The predicted molar refractivity (Wildman–Crippen MR) is 88.5 cm³/mol. The number of hydrazine groups is 1. The highest BCUT2D eigenvalue weighted by Crippen LogP contribution is 2.26. The van der Waals surface area contributed by atoms with Gasteiger partial charge in [0.25, 0.3) is 0 Å². The lowest BCUT2D eigenvalue weighted by molar-refractivity contribution is 0.306. The molecule has 0 aliphatic rings. The van der Waals surface area contributed by atoms with Gasteiger partial charge in [-0.05, 0) is 48.5 Å². The Morgan fingerprint density at radius 3 is 2.30 bits per heavy atom. The summed E-state index contributed by atoms with van der Waals surface area (Å²) in [6.45, 7) is 9.55. The standard InChI is InChI=1S/C15H29BrN4/c1-5-8-12(9-6-2)13(18-17)10-14-15(16)11(4)19-20(14)7-3/h12-13,18H,5-10,17H2,1-4H3. The number of aromatic nitrogens is 2. The minimum atomic E-state index is 0.313. The number of hydrogen-bond donors (Lipinski definition) is 2. The van der Waals surface area contributed by atoms with Crippen LogP contribution in [0.15, 0.2) is 4.47 Å². The van der Waals surface area contributed by atoms with Crippen LogP contribution in [0.2, 0.25) is 0 Å². The molecule has 0 saturated heterocycles. The van der Waals surface area contributed by atoms with Gasteiger partial charge >= 0.3 is 0 Å². The molecule has 1 unspecified atom stereocenters. The molecule has 0 aromatic carbocycles. The second-order valence-corrected chi connectivity index (χ2v) is 6.27. The highest BCUT2D eigenvalue weighted by Gasteiger charge is 2.23. The van der Waals surface area contributed by atoms with Gasteiger partial charge in [-0.25, -0.2) is 0 Å². The minimum Gasteiger partial charge on any atom is -0.271 e. The largest absolute Gasteiger partial charge is 0.271 e. The third-order valence-electron chi connectivity index (χ3n) is 3.97. The summed E-state index contributed by atoms with van der Waals surface area (Å²) in [6.07, 6.45) is 5.78. The Kier molecular flexibility index (Phi) is 7.77. The lowest BCUT2D eigenvalue weighted by atomic mass is 9.88. The van der Waals surface area contributed by atoms with Gasteiger partial charge in [0.15, 0.2) is 0 Å². The van der Waals surface area contributed by atoms with Crippen molar-refractivity contribution in [3.05, 3.63) is 15.9 Å². The molecule has 116 valence electrons. The van der Waals surface area contributed by atoms with Crippen LogP contribution in [0.25, 0.3) is 0 Å². The zero-order chi connectivity index (χ0) is 15.1. The molecule has 1 heterocycles. The molecule has 0 aliphatic heterocycles. The van der Waals surface area contributed by atoms with Crippen molar-refractivity contribution >= 4 is 15.9 Å². The molecule has 1 rings (SSSR count). The van der Waals surface area contributed by atoms with Crippen molar-refractivity contribution < 1.29 is 0 Å². The van der Waals surface area contributed by atoms with Gasteiger partial charge in [0.05, 0.1) is 15.9 Å². The fourth-order valence-corrected chi connectivity index (χ4v) is 3.37. The molecule has 0 amide bonds. The van der Waals surface area contributed by atoms with Gasteiger partial charge in [-0.2, -0.15) is 5.10 Å². The van der Waals surface area contributed by atoms with E-state index in [0.29, 0.717) is 12.0 Å². The van der Waals surface area contributed by atoms with Gasteiger partial charge < -0.3 is 0 Å². The molecular formula is C15H29BrN4. The first kappa shape index (κ1) is 17.7. The normalized spacial score (nSPS) is 13.2. The van der Waals surface area contributed by atoms with E-state index in [1.807, 2.05) is 6.92 Å². The van der Waals surface area contributed by atoms with Crippen LogP contribution in [-0.2, 0) is 13.0 Å². The van der Waals surface area contributed by atoms with Crippen molar-refractivity contribution in [2.24, 2.45) is 11.8 Å². The topological polar surface area (TPSA) is 55.9 Å². The van der Waals surface area contributed by atoms with E-state index in [1.165, 1.54) is 31.4 Å². The van der Waals surface area contributed by atoms with E-state index in [1.54, 1.807) is 0 Å². The fourth-order valence-electron chi connectivity index (χ4n) is 2.92. The van der Waals surface area contributed by atoms with E-state index in [2.05, 4.69) is 51.9 Å². The summed E-state index contributed by atoms with van der Waals surface area (Å²) in [4.78, 5) is 0. The summed E-state index contributed by atoms with van der Waals surface area (Å²) < 4.78 is 3.21. The van der Waals surface area contributed by atoms with E-state index >= 15 is 0 Å². The van der Waals surface area contributed by atoms with E-state index in [4.69, 9.17) is 5.84 Å². The smallest absolute Gasteiger partial charge is 0.0738 e. The van der Waals surface area contributed by atoms with Gasteiger partial charge in [0.1, 0.15) is 0 Å². The van der Waals surface area contributed by atoms with Crippen LogP contribution in [-0.4, -0.2) is 15.8 Å². The monoisotopic (exact) mass is 344 g/mol. The first-order valence-electron chi connectivity index (χ1n) is 7.76. The number of halogens is 1. The molecule has 0 bridgehead atoms. The quantitative estimate of drug-likeness (QED) is 0.531. The third-order valence-corrected chi connectivity index (χ3v) is 5.00. The zero-order valence-electron chi connectivity index (χ0n) is 13.2. The molecule has 0 spiro atoms. The van der Waals surface area contributed by atoms with Crippen molar-refractivity contribution in [2.75, 3.05) is 0 Å². The summed E-state index contributed by atoms with van der Waals surface area (Å²) >= 11 is 3.67. The summed E-state index contributed by atoms with van der Waals surface area (Å²) in [5.41, 5.74) is 5.36. The molecule has 5 heteroatoms. The van der Waals surface area contributed by atoms with Crippen molar-refractivity contribution in [1.29, 1.82) is 0 Å². The van der Waals surface area contributed by atoms with Crippen LogP contribution >= 0.6 is 15.9 Å². The molecule has 0 radical (unpaired) electrons. The lowest BCUT2D eigenvalue weighted by Crippen LogP contribution is -2.43. The van der Waals surface area contributed by atoms with Crippen molar-refractivity contribution in [1.82, 2.24) is 15.2 Å². The Morgan fingerprint density at radius 2 is 1.85 bits per heavy atom. The van der Waals surface area contributed by atoms with Crippen molar-refractivity contribution in [3.8, 4) is 0 Å². The number of nitrogens with zero attached hydrogens (tertiary/aromatic N) is 2. The second kappa shape index (κ2) is 8.80. The van der Waals surface area contributed by atoms with Gasteiger partial charge in [0, 0.05) is 19.0 Å². The van der Waals surface area contributed by atoms with E-state index in [9.17, 15) is 0 Å². The van der Waals surface area contributed by atoms with E-state index in [-0.39, 0.29) is 0 Å². The molecule has 4 nitrogen and oxygen atoms in total. The predicted octanol–water partition coefficient (Wildman–Crippen LogP) is 3.56. The molecule has 20 heavy (non-hydrogen) atoms. The van der Waals surface area contributed by atoms with Gasteiger partial charge in [-0.15, -0.1) is 0 Å². The van der Waals surface area contributed by atoms with Crippen LogP contribution in [0.1, 0.15) is 57.8 Å². The Balaban J connectivity index is 2.91. The van der Waals surface area contributed by atoms with Gasteiger partial charge in [-0.3, -0.25) is 16.0 Å². The maximum Gasteiger partial charge on any atom is 0.0738 e. The molecule has 0 saturated carbocycles. The molecule has 0 fully saturated rings. The average molecular weight is 345 g/mol. The Morgan fingerprint density at radius 1 is 1.25 bits per heavy atom. The zero-order valence-corrected chi connectivity index (χ0v) is 14.8. The minimum absolute atomic E-state index is 0.313. The van der Waals surface area contributed by atoms with Crippen LogP contribution in [0.3, 0.4) is 0 Å². The second-order valence-electron chi connectivity index (χ2n) is 5.48. The summed E-state index contributed by atoms with van der Waals surface area (Å²) in [6, 6.07) is 0.313.